The minimum atomic E-state index is -0.302. The van der Waals surface area contributed by atoms with Crippen LogP contribution in [0.15, 0.2) is 24.3 Å². The minimum Gasteiger partial charge on any atom is -0.334 e. The third-order valence-corrected chi connectivity index (χ3v) is 3.80. The van der Waals surface area contributed by atoms with Gasteiger partial charge < -0.3 is 10.2 Å². The van der Waals surface area contributed by atoms with E-state index in [9.17, 15) is 9.18 Å². The number of rotatable bonds is 1. The van der Waals surface area contributed by atoms with Crippen LogP contribution in [0.2, 0.25) is 0 Å². The quantitative estimate of drug-likeness (QED) is 0.793. The third-order valence-electron chi connectivity index (χ3n) is 3.80. The van der Waals surface area contributed by atoms with E-state index in [2.05, 4.69) is 5.32 Å². The lowest BCUT2D eigenvalue weighted by atomic mass is 10.0. The van der Waals surface area contributed by atoms with E-state index in [-0.39, 0.29) is 11.7 Å². The van der Waals surface area contributed by atoms with Gasteiger partial charge in [-0.1, -0.05) is 0 Å². The number of halogens is 1. The Kier molecular flexibility index (Phi) is 2.59. The zero-order chi connectivity index (χ0) is 11.8. The Hall–Kier alpha value is -1.42. The summed E-state index contributed by atoms with van der Waals surface area (Å²) in [7, 11) is 0. The van der Waals surface area contributed by atoms with Gasteiger partial charge in [-0.15, -0.1) is 0 Å². The van der Waals surface area contributed by atoms with Crippen LogP contribution in [0.25, 0.3) is 0 Å². The number of fused-ring (bicyclic) bond motifs is 1. The molecule has 0 unspecified atom stereocenters. The summed E-state index contributed by atoms with van der Waals surface area (Å²) in [5.41, 5.74) is 0.582. The molecule has 3 nitrogen and oxygen atoms in total. The van der Waals surface area contributed by atoms with Crippen molar-refractivity contribution >= 4 is 5.91 Å². The topological polar surface area (TPSA) is 32.3 Å². The van der Waals surface area contributed by atoms with Crippen LogP contribution in [-0.2, 0) is 0 Å². The smallest absolute Gasteiger partial charge is 0.254 e. The molecule has 17 heavy (non-hydrogen) atoms. The van der Waals surface area contributed by atoms with Gasteiger partial charge in [0.2, 0.25) is 0 Å². The second-order valence-corrected chi connectivity index (χ2v) is 4.78. The van der Waals surface area contributed by atoms with Gasteiger partial charge in [0.05, 0.1) is 0 Å². The van der Waals surface area contributed by atoms with Crippen LogP contribution in [0.1, 0.15) is 16.8 Å². The van der Waals surface area contributed by atoms with Gasteiger partial charge in [0.15, 0.2) is 0 Å². The van der Waals surface area contributed by atoms with E-state index < -0.39 is 0 Å². The zero-order valence-electron chi connectivity index (χ0n) is 9.53. The first-order valence-corrected chi connectivity index (χ1v) is 6.03. The number of amides is 1. The normalized spacial score (nSPS) is 27.2. The van der Waals surface area contributed by atoms with Gasteiger partial charge in [0.25, 0.3) is 5.91 Å². The molecule has 2 aliphatic heterocycles. The summed E-state index contributed by atoms with van der Waals surface area (Å²) >= 11 is 0. The highest BCUT2D eigenvalue weighted by Gasteiger charge is 2.39. The predicted octanol–water partition coefficient (Wildman–Crippen LogP) is 1.26. The molecule has 1 amide bonds. The number of likely N-dealkylation sites (tertiary alicyclic amines) is 1. The van der Waals surface area contributed by atoms with Crippen molar-refractivity contribution in [3.8, 4) is 0 Å². The highest BCUT2D eigenvalue weighted by atomic mass is 19.1. The number of nitrogens with one attached hydrogen (secondary N) is 1. The fourth-order valence-corrected chi connectivity index (χ4v) is 2.86. The summed E-state index contributed by atoms with van der Waals surface area (Å²) in [6, 6.07) is 6.13. The van der Waals surface area contributed by atoms with Crippen LogP contribution in [-0.4, -0.2) is 36.5 Å². The molecule has 1 aromatic rings. The molecule has 0 bridgehead atoms. The van der Waals surface area contributed by atoms with Crippen LogP contribution in [0.4, 0.5) is 4.39 Å². The van der Waals surface area contributed by atoms with Crippen LogP contribution in [0.3, 0.4) is 0 Å². The van der Waals surface area contributed by atoms with E-state index in [1.54, 1.807) is 12.1 Å². The second kappa shape index (κ2) is 4.11. The zero-order valence-corrected chi connectivity index (χ0v) is 9.53. The highest BCUT2D eigenvalue weighted by molar-refractivity contribution is 5.94. The molecule has 2 heterocycles. The Balaban J connectivity index is 1.80. The fraction of sp³-hybridized carbons (Fsp3) is 0.462. The maximum atomic E-state index is 12.8. The van der Waals surface area contributed by atoms with Crippen LogP contribution < -0.4 is 5.32 Å². The van der Waals surface area contributed by atoms with Gasteiger partial charge in [-0.05, 0) is 36.6 Å². The van der Waals surface area contributed by atoms with Gasteiger partial charge in [0, 0.05) is 31.2 Å². The molecule has 2 fully saturated rings. The molecular weight excluding hydrogens is 219 g/mol. The lowest BCUT2D eigenvalue weighted by Gasteiger charge is -2.23. The summed E-state index contributed by atoms with van der Waals surface area (Å²) < 4.78 is 12.8. The molecule has 90 valence electrons. The molecule has 0 spiro atoms. The highest BCUT2D eigenvalue weighted by Crippen LogP contribution is 2.28. The largest absolute Gasteiger partial charge is 0.334 e. The average Bonchev–Trinajstić information content (AvgIpc) is 2.90. The van der Waals surface area contributed by atoms with Crippen molar-refractivity contribution < 1.29 is 9.18 Å². The molecule has 0 radical (unpaired) electrons. The number of carbonyl (C=O) groups is 1. The molecule has 1 N–H and O–H groups in total. The van der Waals surface area contributed by atoms with Crippen molar-refractivity contribution in [2.24, 2.45) is 5.92 Å². The number of benzene rings is 1. The van der Waals surface area contributed by atoms with Crippen molar-refractivity contribution in [3.05, 3.63) is 35.6 Å². The Morgan fingerprint density at radius 2 is 2.06 bits per heavy atom. The van der Waals surface area contributed by atoms with Gasteiger partial charge in [-0.25, -0.2) is 4.39 Å². The molecule has 0 aliphatic carbocycles. The van der Waals surface area contributed by atoms with E-state index in [4.69, 9.17) is 0 Å². The molecule has 4 heteroatoms. The maximum Gasteiger partial charge on any atom is 0.254 e. The SMILES string of the molecule is O=C(c1ccc(F)cc1)N1CC[C@@H]2CNC[C@@H]21. The third kappa shape index (κ3) is 1.82. The molecule has 0 saturated carbocycles. The summed E-state index contributed by atoms with van der Waals surface area (Å²) in [4.78, 5) is 14.2. The van der Waals surface area contributed by atoms with E-state index in [1.807, 2.05) is 4.90 Å². The molecule has 2 saturated heterocycles. The van der Waals surface area contributed by atoms with Crippen LogP contribution in [0, 0.1) is 11.7 Å². The number of hydrogen-bond acceptors (Lipinski definition) is 2. The van der Waals surface area contributed by atoms with Crippen molar-refractivity contribution in [3.63, 3.8) is 0 Å². The number of nitrogens with zero attached hydrogens (tertiary/aromatic N) is 1. The molecule has 3 rings (SSSR count). The van der Waals surface area contributed by atoms with Crippen LogP contribution in [0.5, 0.6) is 0 Å². The van der Waals surface area contributed by atoms with Crippen molar-refractivity contribution in [1.82, 2.24) is 10.2 Å². The molecule has 0 aromatic heterocycles. The Labute approximate surface area is 99.6 Å². The lowest BCUT2D eigenvalue weighted by Crippen LogP contribution is -2.39. The van der Waals surface area contributed by atoms with Gasteiger partial charge in [0.1, 0.15) is 5.82 Å². The Bertz CT molecular complexity index is 432. The van der Waals surface area contributed by atoms with Gasteiger partial charge in [-0.2, -0.15) is 0 Å². The fourth-order valence-electron chi connectivity index (χ4n) is 2.86. The molecule has 1 aromatic carbocycles. The summed E-state index contributed by atoms with van der Waals surface area (Å²) in [6.07, 6.45) is 1.07. The molecule has 2 atom stereocenters. The summed E-state index contributed by atoms with van der Waals surface area (Å²) in [6.45, 7) is 2.72. The number of carbonyl (C=O) groups excluding carboxylic acids is 1. The first-order valence-electron chi connectivity index (χ1n) is 6.03. The van der Waals surface area contributed by atoms with Crippen molar-refractivity contribution in [2.75, 3.05) is 19.6 Å². The lowest BCUT2D eigenvalue weighted by molar-refractivity contribution is 0.0737. The van der Waals surface area contributed by atoms with Crippen molar-refractivity contribution in [1.29, 1.82) is 0 Å². The van der Waals surface area contributed by atoms with E-state index in [0.717, 1.165) is 26.1 Å². The van der Waals surface area contributed by atoms with Crippen LogP contribution >= 0.6 is 0 Å². The van der Waals surface area contributed by atoms with E-state index in [1.165, 1.54) is 12.1 Å². The van der Waals surface area contributed by atoms with Gasteiger partial charge >= 0.3 is 0 Å². The molecular formula is C13H15FN2O. The first-order chi connectivity index (χ1) is 8.25. The van der Waals surface area contributed by atoms with Crippen molar-refractivity contribution in [2.45, 2.75) is 12.5 Å². The standard InChI is InChI=1S/C13H15FN2O/c14-11-3-1-9(2-4-11)13(17)16-6-5-10-7-15-8-12(10)16/h1-4,10,12,15H,5-8H2/t10-,12+/m1/s1. The van der Waals surface area contributed by atoms with Gasteiger partial charge in [-0.3, -0.25) is 4.79 Å². The van der Waals surface area contributed by atoms with E-state index >= 15 is 0 Å². The predicted molar refractivity (Wildman–Crippen MR) is 62.2 cm³/mol. The first kappa shape index (κ1) is 10.7. The second-order valence-electron chi connectivity index (χ2n) is 4.78. The Morgan fingerprint density at radius 3 is 2.82 bits per heavy atom. The number of hydrogen-bond donors (Lipinski definition) is 1. The minimum absolute atomic E-state index is 0.0289. The monoisotopic (exact) mass is 234 g/mol. The summed E-state index contributed by atoms with van der Waals surface area (Å²) in [5, 5.41) is 3.32. The average molecular weight is 234 g/mol. The maximum absolute atomic E-state index is 12.8. The van der Waals surface area contributed by atoms with E-state index in [0.29, 0.717) is 17.5 Å². The summed E-state index contributed by atoms with van der Waals surface area (Å²) in [5.74, 6) is 0.323. The molecule has 2 aliphatic rings. The Morgan fingerprint density at radius 1 is 1.29 bits per heavy atom.